The molecule has 2 aliphatic rings. The van der Waals surface area contributed by atoms with Gasteiger partial charge in [0.15, 0.2) is 0 Å². The maximum Gasteiger partial charge on any atom is 0.389 e. The summed E-state index contributed by atoms with van der Waals surface area (Å²) < 4.78 is 79.2. The molecular formula is C26H32F6N4O2. The molecule has 210 valence electrons. The third-order valence-corrected chi connectivity index (χ3v) is 8.40. The number of imidazole rings is 1. The van der Waals surface area contributed by atoms with Crippen LogP contribution in [-0.4, -0.2) is 40.6 Å². The van der Waals surface area contributed by atoms with Crippen molar-refractivity contribution in [3.8, 4) is 0 Å². The summed E-state index contributed by atoms with van der Waals surface area (Å²) in [6.07, 6.45) is -5.89. The van der Waals surface area contributed by atoms with Crippen molar-refractivity contribution in [3.05, 3.63) is 29.6 Å². The highest BCUT2D eigenvalue weighted by Gasteiger charge is 2.60. The number of benzene rings is 1. The Labute approximate surface area is 216 Å². The number of primary amides is 1. The predicted molar refractivity (Wildman–Crippen MR) is 128 cm³/mol. The molecule has 0 spiro atoms. The van der Waals surface area contributed by atoms with Crippen LogP contribution in [0.1, 0.15) is 81.6 Å². The Morgan fingerprint density at radius 2 is 1.87 bits per heavy atom. The molecule has 4 N–H and O–H groups in total. The van der Waals surface area contributed by atoms with E-state index in [-0.39, 0.29) is 31.6 Å². The lowest BCUT2D eigenvalue weighted by atomic mass is 9.50. The van der Waals surface area contributed by atoms with Crippen LogP contribution >= 0.6 is 0 Å². The lowest BCUT2D eigenvalue weighted by Gasteiger charge is -2.53. The van der Waals surface area contributed by atoms with Gasteiger partial charge in [-0.2, -0.15) is 13.2 Å². The Morgan fingerprint density at radius 1 is 1.18 bits per heavy atom. The van der Waals surface area contributed by atoms with Crippen molar-refractivity contribution >= 4 is 22.8 Å². The summed E-state index contributed by atoms with van der Waals surface area (Å²) in [4.78, 5) is 32.6. The molecule has 2 saturated carbocycles. The largest absolute Gasteiger partial charge is 0.389 e. The first kappa shape index (κ1) is 28.2. The average molecular weight is 547 g/mol. The Balaban J connectivity index is 1.63. The number of fused-ring (bicyclic) bond motifs is 1. The highest BCUT2D eigenvalue weighted by atomic mass is 19.4. The molecule has 2 aliphatic carbocycles. The van der Waals surface area contributed by atoms with Crippen molar-refractivity contribution in [3.63, 3.8) is 0 Å². The Hall–Kier alpha value is -2.79. The van der Waals surface area contributed by atoms with Crippen LogP contribution in [0.15, 0.2) is 18.2 Å². The second-order valence-corrected chi connectivity index (χ2v) is 10.8. The summed E-state index contributed by atoms with van der Waals surface area (Å²) >= 11 is 0. The van der Waals surface area contributed by atoms with E-state index in [0.29, 0.717) is 35.3 Å². The van der Waals surface area contributed by atoms with Gasteiger partial charge in [0.1, 0.15) is 5.82 Å². The van der Waals surface area contributed by atoms with E-state index in [1.807, 2.05) is 0 Å². The third-order valence-electron chi connectivity index (χ3n) is 8.40. The van der Waals surface area contributed by atoms with Gasteiger partial charge in [-0.15, -0.1) is 0 Å². The van der Waals surface area contributed by atoms with Gasteiger partial charge in [0.05, 0.1) is 35.6 Å². The number of nitrogens with zero attached hydrogens (tertiary/aromatic N) is 1. The number of carbonyl (C=O) groups excluding carboxylic acids is 2. The molecule has 4 rings (SSSR count). The maximum absolute atomic E-state index is 14.0. The van der Waals surface area contributed by atoms with Gasteiger partial charge in [-0.3, -0.25) is 14.0 Å². The number of alkyl halides is 6. The standard InChI is InChI=1S/C26H32F6N4O2/c1-14(34-20(37)7-11-26(30,31)32)16-2-3-18-19(12-16)36-22(35-18)21(15-4-8-24(28,29)9-5-15)25(23(33)38)10-6-17(25)13-27/h2-3,12,14-15,17,21H,4-11,13H2,1H3,(H2,33,38)(H,34,37)(H,35,36)/t14-,17?,21-,25?/m1/s1. The molecule has 0 radical (unpaired) electrons. The molecule has 4 atom stereocenters. The van der Waals surface area contributed by atoms with E-state index in [2.05, 4.69) is 15.3 Å². The first-order valence-corrected chi connectivity index (χ1v) is 12.8. The minimum absolute atomic E-state index is 0.148. The fourth-order valence-corrected chi connectivity index (χ4v) is 6.16. The first-order chi connectivity index (χ1) is 17.8. The van der Waals surface area contributed by atoms with Crippen LogP contribution in [0, 0.1) is 17.3 Å². The van der Waals surface area contributed by atoms with Crippen molar-refractivity contribution < 1.29 is 35.9 Å². The predicted octanol–water partition coefficient (Wildman–Crippen LogP) is 5.84. The van der Waals surface area contributed by atoms with Gasteiger partial charge in [-0.25, -0.2) is 13.8 Å². The summed E-state index contributed by atoms with van der Waals surface area (Å²) in [7, 11) is 0. The third kappa shape index (κ3) is 5.63. The molecule has 2 unspecified atom stereocenters. The molecule has 1 aromatic heterocycles. The van der Waals surface area contributed by atoms with Gasteiger partial charge in [0, 0.05) is 31.1 Å². The number of hydrogen-bond acceptors (Lipinski definition) is 3. The zero-order chi connectivity index (χ0) is 27.9. The van der Waals surface area contributed by atoms with Crippen molar-refractivity contribution in [2.75, 3.05) is 6.67 Å². The smallest absolute Gasteiger partial charge is 0.369 e. The van der Waals surface area contributed by atoms with E-state index < -0.39 is 66.7 Å². The molecule has 6 nitrogen and oxygen atoms in total. The number of H-pyrrole nitrogens is 1. The number of carbonyl (C=O) groups is 2. The maximum atomic E-state index is 14.0. The summed E-state index contributed by atoms with van der Waals surface area (Å²) in [6, 6.07) is 4.44. The normalized spacial score (nSPS) is 25.5. The molecule has 0 aliphatic heterocycles. The van der Waals surface area contributed by atoms with E-state index in [0.717, 1.165) is 0 Å². The van der Waals surface area contributed by atoms with Crippen LogP contribution in [0.25, 0.3) is 11.0 Å². The Kier molecular flexibility index (Phi) is 7.73. The highest BCUT2D eigenvalue weighted by molar-refractivity contribution is 5.84. The second-order valence-electron chi connectivity index (χ2n) is 10.8. The molecule has 38 heavy (non-hydrogen) atoms. The van der Waals surface area contributed by atoms with E-state index >= 15 is 0 Å². The van der Waals surface area contributed by atoms with Gasteiger partial charge in [-0.05, 0) is 56.2 Å². The molecule has 2 amide bonds. The molecule has 1 aromatic carbocycles. The van der Waals surface area contributed by atoms with Gasteiger partial charge in [0.2, 0.25) is 17.7 Å². The second kappa shape index (κ2) is 10.4. The molecule has 2 fully saturated rings. The molecule has 12 heteroatoms. The number of aromatic amines is 1. The summed E-state index contributed by atoms with van der Waals surface area (Å²) in [6.45, 7) is 0.884. The number of halogens is 6. The monoisotopic (exact) mass is 546 g/mol. The van der Waals surface area contributed by atoms with Crippen LogP contribution in [0.5, 0.6) is 0 Å². The topological polar surface area (TPSA) is 101 Å². The van der Waals surface area contributed by atoms with Crippen LogP contribution in [0.4, 0.5) is 26.3 Å². The lowest BCUT2D eigenvalue weighted by molar-refractivity contribution is -0.147. The number of nitrogens with two attached hydrogens (primary N) is 1. The highest BCUT2D eigenvalue weighted by Crippen LogP contribution is 2.60. The van der Waals surface area contributed by atoms with Gasteiger partial charge in [-0.1, -0.05) is 6.07 Å². The number of hydrogen-bond donors (Lipinski definition) is 3. The minimum atomic E-state index is -4.43. The van der Waals surface area contributed by atoms with Crippen LogP contribution in [-0.2, 0) is 9.59 Å². The number of aromatic nitrogens is 2. The van der Waals surface area contributed by atoms with Crippen LogP contribution in [0.2, 0.25) is 0 Å². The van der Waals surface area contributed by atoms with Crippen molar-refractivity contribution in [1.29, 1.82) is 0 Å². The van der Waals surface area contributed by atoms with Crippen molar-refractivity contribution in [2.45, 2.75) is 82.3 Å². The summed E-state index contributed by atoms with van der Waals surface area (Å²) in [5, 5.41) is 2.55. The Bertz CT molecular complexity index is 1170. The van der Waals surface area contributed by atoms with E-state index in [9.17, 15) is 35.9 Å². The van der Waals surface area contributed by atoms with Gasteiger partial charge >= 0.3 is 6.18 Å². The van der Waals surface area contributed by atoms with E-state index in [4.69, 9.17) is 5.73 Å². The van der Waals surface area contributed by atoms with E-state index in [1.165, 1.54) is 0 Å². The quantitative estimate of drug-likeness (QED) is 0.344. The van der Waals surface area contributed by atoms with Crippen molar-refractivity contribution in [2.24, 2.45) is 23.0 Å². The molecule has 1 heterocycles. The van der Waals surface area contributed by atoms with Crippen LogP contribution < -0.4 is 11.1 Å². The zero-order valence-corrected chi connectivity index (χ0v) is 21.0. The fourth-order valence-electron chi connectivity index (χ4n) is 6.16. The number of nitrogens with one attached hydrogen (secondary N) is 2. The molecule has 0 saturated heterocycles. The summed E-state index contributed by atoms with van der Waals surface area (Å²) in [5.74, 6) is -5.44. The average Bonchev–Trinajstić information content (AvgIpc) is 3.23. The fraction of sp³-hybridized carbons (Fsp3) is 0.654. The van der Waals surface area contributed by atoms with Gasteiger partial charge in [0.25, 0.3) is 0 Å². The van der Waals surface area contributed by atoms with Gasteiger partial charge < -0.3 is 16.0 Å². The lowest BCUT2D eigenvalue weighted by Crippen LogP contribution is -2.57. The van der Waals surface area contributed by atoms with E-state index in [1.54, 1.807) is 25.1 Å². The molecule has 2 aromatic rings. The zero-order valence-electron chi connectivity index (χ0n) is 21.0. The molecular weight excluding hydrogens is 514 g/mol. The summed E-state index contributed by atoms with van der Waals surface area (Å²) in [5.41, 5.74) is 6.27. The van der Waals surface area contributed by atoms with Crippen LogP contribution in [0.3, 0.4) is 0 Å². The number of amides is 2. The molecule has 0 bridgehead atoms. The Morgan fingerprint density at radius 3 is 2.42 bits per heavy atom. The minimum Gasteiger partial charge on any atom is -0.369 e. The SMILES string of the molecule is C[C@@H](NC(=O)CCC(F)(F)F)c1ccc2nc([C@@H](C3CCC(F)(F)CC3)C3(C(N)=O)CCC3CF)[nH]c2c1. The number of rotatable bonds is 9. The van der Waals surface area contributed by atoms with Crippen molar-refractivity contribution in [1.82, 2.24) is 15.3 Å². The first-order valence-electron chi connectivity index (χ1n) is 12.8.